The third kappa shape index (κ3) is 2.71. The molecule has 1 aromatic rings. The molecule has 15 heavy (non-hydrogen) atoms. The van der Waals surface area contributed by atoms with Gasteiger partial charge < -0.3 is 10.6 Å². The maximum Gasteiger partial charge on any atom is 0.319 e. The number of allylic oxidation sites excluding steroid dienone is 1. The molecule has 0 saturated heterocycles. The Balaban J connectivity index is 2.06. The van der Waals surface area contributed by atoms with E-state index in [1.807, 2.05) is 48.6 Å². The Labute approximate surface area is 88.5 Å². The van der Waals surface area contributed by atoms with Gasteiger partial charge in [-0.15, -0.1) is 0 Å². The van der Waals surface area contributed by atoms with Crippen molar-refractivity contribution >= 4 is 12.1 Å². The van der Waals surface area contributed by atoms with E-state index < -0.39 is 0 Å². The summed E-state index contributed by atoms with van der Waals surface area (Å²) in [4.78, 5) is 11.0. The topological polar surface area (TPSA) is 41.1 Å². The predicted octanol–water partition coefficient (Wildman–Crippen LogP) is 1.90. The number of rotatable bonds is 2. The molecule has 0 bridgehead atoms. The molecule has 1 aromatic carbocycles. The fraction of sp³-hybridized carbons (Fsp3) is 0.0833. The van der Waals surface area contributed by atoms with E-state index in [1.165, 1.54) is 0 Å². The first-order chi connectivity index (χ1) is 7.34. The number of urea groups is 1. The van der Waals surface area contributed by atoms with Gasteiger partial charge in [-0.25, -0.2) is 4.79 Å². The van der Waals surface area contributed by atoms with Crippen molar-refractivity contribution in [1.29, 1.82) is 0 Å². The summed E-state index contributed by atoms with van der Waals surface area (Å²) in [5, 5.41) is 5.36. The number of benzene rings is 1. The van der Waals surface area contributed by atoms with Gasteiger partial charge in [0.2, 0.25) is 0 Å². The summed E-state index contributed by atoms with van der Waals surface area (Å²) in [5.74, 6) is 0. The lowest BCUT2D eigenvalue weighted by Gasteiger charge is -2.12. The van der Waals surface area contributed by atoms with Gasteiger partial charge in [0.05, 0.1) is 0 Å². The number of hydrogen-bond donors (Lipinski definition) is 2. The van der Waals surface area contributed by atoms with Crippen LogP contribution in [0.1, 0.15) is 5.56 Å². The van der Waals surface area contributed by atoms with Crippen LogP contribution in [0.25, 0.3) is 6.08 Å². The molecular weight excluding hydrogens is 188 g/mol. The van der Waals surface area contributed by atoms with Gasteiger partial charge in [0.1, 0.15) is 0 Å². The Morgan fingerprint density at radius 2 is 1.93 bits per heavy atom. The van der Waals surface area contributed by atoms with Crippen molar-refractivity contribution in [2.75, 3.05) is 6.54 Å². The highest BCUT2D eigenvalue weighted by Gasteiger charge is 2.04. The average Bonchev–Trinajstić information content (AvgIpc) is 2.28. The third-order valence-electron chi connectivity index (χ3n) is 2.10. The van der Waals surface area contributed by atoms with Gasteiger partial charge in [-0.1, -0.05) is 36.4 Å². The van der Waals surface area contributed by atoms with Crippen LogP contribution in [0.15, 0.2) is 48.2 Å². The van der Waals surface area contributed by atoms with Crippen molar-refractivity contribution < 1.29 is 4.79 Å². The lowest BCUT2D eigenvalue weighted by atomic mass is 10.2. The molecule has 2 amide bonds. The minimum absolute atomic E-state index is 0.148. The third-order valence-corrected chi connectivity index (χ3v) is 2.10. The SMILES string of the molecule is O=C1NCC=C(C=Cc2ccccc2)N1. The van der Waals surface area contributed by atoms with Crippen molar-refractivity contribution in [2.45, 2.75) is 0 Å². The number of carbonyl (C=O) groups is 1. The monoisotopic (exact) mass is 200 g/mol. The van der Waals surface area contributed by atoms with Crippen LogP contribution in [-0.4, -0.2) is 12.6 Å². The van der Waals surface area contributed by atoms with E-state index in [0.29, 0.717) is 6.54 Å². The Bertz CT molecular complexity index is 407. The highest BCUT2D eigenvalue weighted by atomic mass is 16.2. The quantitative estimate of drug-likeness (QED) is 0.752. The van der Waals surface area contributed by atoms with Gasteiger partial charge in [0.25, 0.3) is 0 Å². The van der Waals surface area contributed by atoms with Crippen LogP contribution in [0.5, 0.6) is 0 Å². The summed E-state index contributed by atoms with van der Waals surface area (Å²) in [7, 11) is 0. The molecule has 3 nitrogen and oxygen atoms in total. The molecule has 0 unspecified atom stereocenters. The van der Waals surface area contributed by atoms with E-state index in [1.54, 1.807) is 0 Å². The van der Waals surface area contributed by atoms with Crippen LogP contribution in [0.2, 0.25) is 0 Å². The first-order valence-corrected chi connectivity index (χ1v) is 4.83. The first kappa shape index (κ1) is 9.52. The highest BCUT2D eigenvalue weighted by molar-refractivity contribution is 5.78. The van der Waals surface area contributed by atoms with Crippen LogP contribution in [0.4, 0.5) is 4.79 Å². The van der Waals surface area contributed by atoms with Crippen molar-refractivity contribution in [3.8, 4) is 0 Å². The summed E-state index contributed by atoms with van der Waals surface area (Å²) in [6, 6.07) is 9.82. The second-order valence-corrected chi connectivity index (χ2v) is 3.24. The van der Waals surface area contributed by atoms with Crippen molar-refractivity contribution in [3.63, 3.8) is 0 Å². The van der Waals surface area contributed by atoms with Gasteiger partial charge in [0.15, 0.2) is 0 Å². The second kappa shape index (κ2) is 4.46. The van der Waals surface area contributed by atoms with E-state index in [4.69, 9.17) is 0 Å². The Morgan fingerprint density at radius 3 is 2.67 bits per heavy atom. The van der Waals surface area contributed by atoms with Crippen LogP contribution < -0.4 is 10.6 Å². The first-order valence-electron chi connectivity index (χ1n) is 4.83. The molecule has 0 aliphatic carbocycles. The summed E-state index contributed by atoms with van der Waals surface area (Å²) in [5.41, 5.74) is 1.95. The minimum Gasteiger partial charge on any atom is -0.334 e. The Morgan fingerprint density at radius 1 is 1.13 bits per heavy atom. The summed E-state index contributed by atoms with van der Waals surface area (Å²) < 4.78 is 0. The number of amides is 2. The smallest absolute Gasteiger partial charge is 0.319 e. The van der Waals surface area contributed by atoms with E-state index in [0.717, 1.165) is 11.3 Å². The van der Waals surface area contributed by atoms with E-state index in [9.17, 15) is 4.79 Å². The molecule has 0 saturated carbocycles. The van der Waals surface area contributed by atoms with Gasteiger partial charge in [-0.3, -0.25) is 0 Å². The maximum absolute atomic E-state index is 11.0. The van der Waals surface area contributed by atoms with Crippen molar-refractivity contribution in [3.05, 3.63) is 53.7 Å². The molecule has 1 aliphatic heterocycles. The second-order valence-electron chi connectivity index (χ2n) is 3.24. The number of nitrogens with one attached hydrogen (secondary N) is 2. The number of hydrogen-bond acceptors (Lipinski definition) is 1. The van der Waals surface area contributed by atoms with Crippen molar-refractivity contribution in [2.24, 2.45) is 0 Å². The molecule has 1 aliphatic rings. The van der Waals surface area contributed by atoms with Crippen LogP contribution in [0.3, 0.4) is 0 Å². The van der Waals surface area contributed by atoms with Crippen LogP contribution >= 0.6 is 0 Å². The van der Waals surface area contributed by atoms with Gasteiger partial charge in [-0.2, -0.15) is 0 Å². The summed E-state index contributed by atoms with van der Waals surface area (Å²) in [6.07, 6.45) is 5.80. The molecule has 3 heteroatoms. The van der Waals surface area contributed by atoms with Gasteiger partial charge in [-0.05, 0) is 17.7 Å². The molecule has 76 valence electrons. The van der Waals surface area contributed by atoms with E-state index in [-0.39, 0.29) is 6.03 Å². The highest BCUT2D eigenvalue weighted by Crippen LogP contribution is 2.04. The van der Waals surface area contributed by atoms with E-state index >= 15 is 0 Å². The number of carbonyl (C=O) groups excluding carboxylic acids is 1. The molecule has 0 aromatic heterocycles. The zero-order valence-corrected chi connectivity index (χ0v) is 8.23. The summed E-state index contributed by atoms with van der Waals surface area (Å²) >= 11 is 0. The molecule has 2 rings (SSSR count). The Hall–Kier alpha value is -2.03. The maximum atomic E-state index is 11.0. The lowest BCUT2D eigenvalue weighted by Crippen LogP contribution is -2.38. The lowest BCUT2D eigenvalue weighted by molar-refractivity contribution is 0.243. The van der Waals surface area contributed by atoms with Gasteiger partial charge in [0, 0.05) is 12.2 Å². The largest absolute Gasteiger partial charge is 0.334 e. The minimum atomic E-state index is -0.148. The predicted molar refractivity (Wildman–Crippen MR) is 60.1 cm³/mol. The average molecular weight is 200 g/mol. The standard InChI is InChI=1S/C12H12N2O/c15-12-13-9-8-11(14-12)7-6-10-4-2-1-3-5-10/h1-8H,9H2,(H2,13,14,15). The van der Waals surface area contributed by atoms with Gasteiger partial charge >= 0.3 is 6.03 Å². The fourth-order valence-corrected chi connectivity index (χ4v) is 1.34. The molecule has 0 spiro atoms. The molecule has 0 atom stereocenters. The molecule has 0 radical (unpaired) electrons. The zero-order valence-electron chi connectivity index (χ0n) is 8.23. The van der Waals surface area contributed by atoms with Crippen LogP contribution in [0, 0.1) is 0 Å². The van der Waals surface area contributed by atoms with Crippen molar-refractivity contribution in [1.82, 2.24) is 10.6 Å². The molecule has 2 N–H and O–H groups in total. The molecule has 0 fully saturated rings. The Kier molecular flexibility index (Phi) is 2.83. The van der Waals surface area contributed by atoms with Crippen LogP contribution in [-0.2, 0) is 0 Å². The molecular formula is C12H12N2O. The fourth-order valence-electron chi connectivity index (χ4n) is 1.34. The molecule has 1 heterocycles. The van der Waals surface area contributed by atoms with E-state index in [2.05, 4.69) is 10.6 Å². The normalized spacial score (nSPS) is 15.7. The summed E-state index contributed by atoms with van der Waals surface area (Å²) in [6.45, 7) is 0.584. The zero-order chi connectivity index (χ0) is 10.5.